The number of guanidine groups is 1. The first-order valence-electron chi connectivity index (χ1n) is 12.6. The zero-order valence-electron chi connectivity index (χ0n) is 21.5. The molecule has 0 aromatic heterocycles. The molecule has 39 heavy (non-hydrogen) atoms. The Hall–Kier alpha value is -4.51. The Bertz CT molecular complexity index is 1320. The number of nitrogens with zero attached hydrogens (tertiary/aromatic N) is 1. The molecule has 0 saturated carbocycles. The molecule has 11 heteroatoms. The molecule has 10 N–H and O–H groups in total. The first-order valence-corrected chi connectivity index (χ1v) is 12.6. The lowest BCUT2D eigenvalue weighted by atomic mass is 9.97. The number of rotatable bonds is 13. The molecule has 3 aromatic rings. The summed E-state index contributed by atoms with van der Waals surface area (Å²) in [6.07, 6.45) is 0.954. The fraction of sp³-hybridized carbons (Fsp3) is 0.286. The minimum Gasteiger partial charge on any atom is -0.370 e. The number of carbonyl (C=O) groups is 3. The average Bonchev–Trinajstić information content (AvgIpc) is 2.91. The molecule has 0 bridgehead atoms. The van der Waals surface area contributed by atoms with E-state index in [1.807, 2.05) is 42.5 Å². The van der Waals surface area contributed by atoms with E-state index < -0.39 is 41.7 Å². The van der Waals surface area contributed by atoms with Crippen LogP contribution in [0.25, 0.3) is 10.8 Å². The fourth-order valence-corrected chi connectivity index (χ4v) is 4.18. The number of nitrogens with one attached hydrogen (secondary N) is 2. The normalized spacial score (nSPS) is 13.2. The third kappa shape index (κ3) is 8.78. The minimum absolute atomic E-state index is 0.0514. The number of benzene rings is 3. The highest BCUT2D eigenvalue weighted by Gasteiger charge is 2.28. The summed E-state index contributed by atoms with van der Waals surface area (Å²) >= 11 is 0. The lowest BCUT2D eigenvalue weighted by Gasteiger charge is -2.24. The van der Waals surface area contributed by atoms with Crippen LogP contribution in [0.4, 0.5) is 4.39 Å². The van der Waals surface area contributed by atoms with Crippen molar-refractivity contribution in [2.45, 2.75) is 43.8 Å². The highest BCUT2D eigenvalue weighted by molar-refractivity contribution is 5.94. The number of hydrogen-bond acceptors (Lipinski definition) is 5. The highest BCUT2D eigenvalue weighted by atomic mass is 19.1. The van der Waals surface area contributed by atoms with Crippen molar-refractivity contribution in [3.05, 3.63) is 83.7 Å². The summed E-state index contributed by atoms with van der Waals surface area (Å²) < 4.78 is 13.3. The van der Waals surface area contributed by atoms with E-state index in [2.05, 4.69) is 15.6 Å². The van der Waals surface area contributed by atoms with Gasteiger partial charge in [-0.3, -0.25) is 19.4 Å². The molecule has 0 spiro atoms. The molecule has 0 aliphatic rings. The maximum atomic E-state index is 13.5. The Morgan fingerprint density at radius 1 is 0.821 bits per heavy atom. The van der Waals surface area contributed by atoms with Gasteiger partial charge >= 0.3 is 0 Å². The van der Waals surface area contributed by atoms with Crippen molar-refractivity contribution in [3.63, 3.8) is 0 Å². The van der Waals surface area contributed by atoms with Gasteiger partial charge in [-0.2, -0.15) is 0 Å². The van der Waals surface area contributed by atoms with Crippen molar-refractivity contribution < 1.29 is 18.8 Å². The Labute approximate surface area is 226 Å². The molecule has 0 fully saturated rings. The van der Waals surface area contributed by atoms with Crippen LogP contribution >= 0.6 is 0 Å². The van der Waals surface area contributed by atoms with Gasteiger partial charge in [0.25, 0.3) is 0 Å². The third-order valence-corrected chi connectivity index (χ3v) is 6.25. The van der Waals surface area contributed by atoms with E-state index >= 15 is 0 Å². The van der Waals surface area contributed by atoms with Gasteiger partial charge in [0.15, 0.2) is 5.96 Å². The van der Waals surface area contributed by atoms with Gasteiger partial charge in [0.2, 0.25) is 17.7 Å². The molecule has 3 atom stereocenters. The zero-order valence-corrected chi connectivity index (χ0v) is 21.5. The van der Waals surface area contributed by atoms with Crippen LogP contribution in [0.5, 0.6) is 0 Å². The summed E-state index contributed by atoms with van der Waals surface area (Å²) in [6, 6.07) is 15.8. The Morgan fingerprint density at radius 3 is 2.18 bits per heavy atom. The first-order chi connectivity index (χ1) is 18.6. The van der Waals surface area contributed by atoms with Gasteiger partial charge in [0, 0.05) is 19.4 Å². The monoisotopic (exact) mass is 535 g/mol. The molecule has 3 aromatic carbocycles. The van der Waals surface area contributed by atoms with Crippen molar-refractivity contribution >= 4 is 34.5 Å². The number of amides is 3. The Morgan fingerprint density at radius 2 is 1.49 bits per heavy atom. The minimum atomic E-state index is -1.08. The van der Waals surface area contributed by atoms with Gasteiger partial charge in [-0.15, -0.1) is 0 Å². The van der Waals surface area contributed by atoms with Gasteiger partial charge in [-0.05, 0) is 46.9 Å². The van der Waals surface area contributed by atoms with E-state index in [0.717, 1.165) is 16.3 Å². The summed E-state index contributed by atoms with van der Waals surface area (Å²) in [5.74, 6) is -2.38. The largest absolute Gasteiger partial charge is 0.370 e. The second-order valence-electron chi connectivity index (χ2n) is 9.25. The second-order valence-corrected chi connectivity index (χ2v) is 9.25. The molecule has 0 aliphatic carbocycles. The lowest BCUT2D eigenvalue weighted by Crippen LogP contribution is -2.56. The molecule has 0 heterocycles. The molecule has 0 aliphatic heterocycles. The van der Waals surface area contributed by atoms with Crippen molar-refractivity contribution in [1.29, 1.82) is 0 Å². The van der Waals surface area contributed by atoms with E-state index in [0.29, 0.717) is 24.9 Å². The van der Waals surface area contributed by atoms with Gasteiger partial charge in [0.05, 0.1) is 6.04 Å². The number of halogens is 1. The SMILES string of the molecule is NC(=O)[C@H](Cc1ccc(F)cc1)NC(=O)[C@H](Cc1cccc2ccccc12)NC(=O)[C@@H](N)CCCN=C(N)N. The summed E-state index contributed by atoms with van der Waals surface area (Å²) in [5, 5.41) is 7.28. The predicted octanol–water partition coefficient (Wildman–Crippen LogP) is 0.600. The lowest BCUT2D eigenvalue weighted by molar-refractivity contribution is -0.131. The highest BCUT2D eigenvalue weighted by Crippen LogP contribution is 2.20. The van der Waals surface area contributed by atoms with Crippen LogP contribution < -0.4 is 33.6 Å². The van der Waals surface area contributed by atoms with Crippen LogP contribution in [0.2, 0.25) is 0 Å². The Balaban J connectivity index is 1.79. The van der Waals surface area contributed by atoms with E-state index in [1.54, 1.807) is 0 Å². The predicted molar refractivity (Wildman–Crippen MR) is 149 cm³/mol. The van der Waals surface area contributed by atoms with Crippen molar-refractivity contribution in [2.75, 3.05) is 6.54 Å². The molecule has 0 saturated heterocycles. The van der Waals surface area contributed by atoms with Gasteiger partial charge in [-0.25, -0.2) is 4.39 Å². The topological polar surface area (TPSA) is 192 Å². The standard InChI is InChI=1S/C28H34FN7O3/c29-20-12-10-17(11-13-20)15-23(25(31)37)35-27(39)24(36-26(38)22(30)9-4-14-34-28(32)33)16-19-7-3-6-18-5-1-2-8-21(18)19/h1-3,5-8,10-13,22-24H,4,9,14-16,30H2,(H2,31,37)(H,35,39)(H,36,38)(H4,32,33,34)/t22-,23-,24-/m0/s1. The first kappa shape index (κ1) is 29.1. The molecule has 3 rings (SSSR count). The van der Waals surface area contributed by atoms with Crippen molar-refractivity contribution in [2.24, 2.45) is 27.9 Å². The van der Waals surface area contributed by atoms with Crippen LogP contribution in [-0.2, 0) is 27.2 Å². The van der Waals surface area contributed by atoms with Crippen molar-refractivity contribution in [1.82, 2.24) is 10.6 Å². The van der Waals surface area contributed by atoms with Crippen LogP contribution in [0.1, 0.15) is 24.0 Å². The van der Waals surface area contributed by atoms with Crippen molar-refractivity contribution in [3.8, 4) is 0 Å². The summed E-state index contributed by atoms with van der Waals surface area (Å²) in [7, 11) is 0. The van der Waals surface area contributed by atoms with E-state index in [-0.39, 0.29) is 18.8 Å². The maximum Gasteiger partial charge on any atom is 0.243 e. The van der Waals surface area contributed by atoms with Crippen LogP contribution in [0.15, 0.2) is 71.7 Å². The third-order valence-electron chi connectivity index (χ3n) is 6.25. The molecular weight excluding hydrogens is 501 g/mol. The number of fused-ring (bicyclic) bond motifs is 1. The Kier molecular flexibility index (Phi) is 10.3. The molecule has 10 nitrogen and oxygen atoms in total. The van der Waals surface area contributed by atoms with Gasteiger partial charge in [0.1, 0.15) is 17.9 Å². The summed E-state index contributed by atoms with van der Waals surface area (Å²) in [4.78, 5) is 42.5. The fourth-order valence-electron chi connectivity index (χ4n) is 4.18. The van der Waals surface area contributed by atoms with Crippen LogP contribution in [-0.4, -0.2) is 48.4 Å². The number of primary amides is 1. The zero-order chi connectivity index (χ0) is 28.4. The molecular formula is C28H34FN7O3. The molecule has 0 unspecified atom stereocenters. The molecule has 0 radical (unpaired) electrons. The molecule has 3 amide bonds. The van der Waals surface area contributed by atoms with E-state index in [9.17, 15) is 18.8 Å². The van der Waals surface area contributed by atoms with Gasteiger partial charge < -0.3 is 33.6 Å². The maximum absolute atomic E-state index is 13.5. The smallest absolute Gasteiger partial charge is 0.243 e. The summed E-state index contributed by atoms with van der Waals surface area (Å²) in [6.45, 7) is 0.312. The number of hydrogen-bond donors (Lipinski definition) is 6. The molecule has 206 valence electrons. The quantitative estimate of drug-likeness (QED) is 0.105. The van der Waals surface area contributed by atoms with E-state index in [4.69, 9.17) is 22.9 Å². The second kappa shape index (κ2) is 13.9. The number of nitrogens with two attached hydrogens (primary N) is 4. The number of carbonyl (C=O) groups excluding carboxylic acids is 3. The van der Waals surface area contributed by atoms with Gasteiger partial charge in [-0.1, -0.05) is 54.6 Å². The van der Waals surface area contributed by atoms with Crippen LogP contribution in [0, 0.1) is 5.82 Å². The van der Waals surface area contributed by atoms with E-state index in [1.165, 1.54) is 24.3 Å². The average molecular weight is 536 g/mol. The summed E-state index contributed by atoms with van der Waals surface area (Å²) in [5.41, 5.74) is 23.7. The number of aliphatic imine (C=N–C) groups is 1. The van der Waals surface area contributed by atoms with Crippen LogP contribution in [0.3, 0.4) is 0 Å².